The Kier molecular flexibility index (Phi) is 6.74. The second-order valence-electron chi connectivity index (χ2n) is 7.74. The van der Waals surface area contributed by atoms with Gasteiger partial charge in [0.1, 0.15) is 0 Å². The zero-order valence-corrected chi connectivity index (χ0v) is 17.7. The maximum absolute atomic E-state index is 12.5. The zero-order valence-electron chi connectivity index (χ0n) is 16.9. The number of carbonyl (C=O) groups is 1. The number of rotatable bonds is 6. The Morgan fingerprint density at radius 2 is 1.64 bits per heavy atom. The lowest BCUT2D eigenvalue weighted by atomic mass is 9.87. The van der Waals surface area contributed by atoms with Crippen LogP contribution in [0.25, 0.3) is 0 Å². The number of likely N-dealkylation sites (N-methyl/N-ethyl adjacent to an activating group) is 1. The smallest absolute Gasteiger partial charge is 0.255 e. The van der Waals surface area contributed by atoms with Gasteiger partial charge in [0.2, 0.25) is 10.0 Å². The third-order valence-electron chi connectivity index (χ3n) is 4.28. The van der Waals surface area contributed by atoms with Crippen molar-refractivity contribution in [2.45, 2.75) is 38.0 Å². The largest absolute Gasteiger partial charge is 0.272 e. The summed E-state index contributed by atoms with van der Waals surface area (Å²) in [6.07, 6.45) is 1.53. The molecule has 2 aromatic rings. The Hall–Kier alpha value is -2.51. The maximum Gasteiger partial charge on any atom is 0.255 e. The summed E-state index contributed by atoms with van der Waals surface area (Å²) in [5.74, 6) is -0.513. The second kappa shape index (κ2) is 8.67. The van der Waals surface area contributed by atoms with Crippen LogP contribution in [-0.2, 0) is 20.2 Å². The number of nitrogens with zero attached hydrogens (tertiary/aromatic N) is 2. The molecule has 6 nitrogen and oxygen atoms in total. The molecule has 0 spiro atoms. The normalized spacial score (nSPS) is 12.5. The number of amides is 1. The van der Waals surface area contributed by atoms with Crippen molar-refractivity contribution >= 4 is 22.1 Å². The van der Waals surface area contributed by atoms with Gasteiger partial charge < -0.3 is 0 Å². The number of hydrazone groups is 1. The summed E-state index contributed by atoms with van der Waals surface area (Å²) >= 11 is 0. The molecule has 28 heavy (non-hydrogen) atoms. The summed E-state index contributed by atoms with van der Waals surface area (Å²) in [5.41, 5.74) is 5.44. The topological polar surface area (TPSA) is 78.8 Å². The average molecular weight is 402 g/mol. The minimum absolute atomic E-state index is 0.0669. The van der Waals surface area contributed by atoms with Gasteiger partial charge in [-0.3, -0.25) is 4.79 Å². The average Bonchev–Trinajstić information content (AvgIpc) is 2.61. The van der Waals surface area contributed by atoms with E-state index < -0.39 is 15.9 Å². The van der Waals surface area contributed by atoms with Crippen LogP contribution in [0.15, 0.2) is 58.5 Å². The summed E-state index contributed by atoms with van der Waals surface area (Å²) in [6, 6.07) is 14.4. The molecular formula is C21H27N3O3S. The number of nitrogens with one attached hydrogen (secondary N) is 1. The molecule has 0 saturated carbocycles. The molecular weight excluding hydrogens is 374 g/mol. The van der Waals surface area contributed by atoms with E-state index in [0.717, 1.165) is 15.4 Å². The minimum Gasteiger partial charge on any atom is -0.272 e. The lowest BCUT2D eigenvalue weighted by Crippen LogP contribution is -2.36. The van der Waals surface area contributed by atoms with Crippen LogP contribution in [0, 0.1) is 6.92 Å². The molecule has 0 aliphatic heterocycles. The molecule has 150 valence electrons. The highest BCUT2D eigenvalue weighted by molar-refractivity contribution is 7.89. The molecule has 0 aliphatic rings. The van der Waals surface area contributed by atoms with Crippen LogP contribution < -0.4 is 5.43 Å². The van der Waals surface area contributed by atoms with E-state index in [0.29, 0.717) is 0 Å². The summed E-state index contributed by atoms with van der Waals surface area (Å²) in [5, 5.41) is 3.91. The zero-order chi connectivity index (χ0) is 20.9. The van der Waals surface area contributed by atoms with Crippen molar-refractivity contribution in [3.63, 3.8) is 0 Å². The summed E-state index contributed by atoms with van der Waals surface area (Å²) in [4.78, 5) is 12.2. The molecule has 2 aromatic carbocycles. The van der Waals surface area contributed by atoms with E-state index in [1.165, 1.54) is 31.0 Å². The van der Waals surface area contributed by atoms with E-state index in [9.17, 15) is 13.2 Å². The molecule has 0 aliphatic carbocycles. The molecule has 0 unspecified atom stereocenters. The Bertz CT molecular complexity index is 942. The lowest BCUT2D eigenvalue weighted by molar-refractivity contribution is -0.121. The van der Waals surface area contributed by atoms with Gasteiger partial charge in [-0.25, -0.2) is 13.8 Å². The number of sulfonamides is 1. The van der Waals surface area contributed by atoms with Crippen molar-refractivity contribution in [2.24, 2.45) is 5.10 Å². The van der Waals surface area contributed by atoms with Crippen molar-refractivity contribution in [3.05, 3.63) is 65.2 Å². The molecule has 0 heterocycles. The number of hydrogen-bond donors (Lipinski definition) is 1. The predicted molar refractivity (Wildman–Crippen MR) is 112 cm³/mol. The fraction of sp³-hybridized carbons (Fsp3) is 0.333. The Labute approximate surface area is 167 Å². The van der Waals surface area contributed by atoms with Gasteiger partial charge in [-0.05, 0) is 35.6 Å². The molecule has 7 heteroatoms. The van der Waals surface area contributed by atoms with Crippen LogP contribution >= 0.6 is 0 Å². The number of hydrogen-bond acceptors (Lipinski definition) is 4. The molecule has 1 amide bonds. The van der Waals surface area contributed by atoms with E-state index >= 15 is 0 Å². The van der Waals surface area contributed by atoms with E-state index in [4.69, 9.17) is 0 Å². The van der Waals surface area contributed by atoms with Crippen LogP contribution in [0.1, 0.15) is 37.5 Å². The molecule has 0 fully saturated rings. The van der Waals surface area contributed by atoms with E-state index in [1.807, 2.05) is 31.2 Å². The van der Waals surface area contributed by atoms with E-state index in [-0.39, 0.29) is 16.9 Å². The quantitative estimate of drug-likeness (QED) is 0.597. The third-order valence-corrected chi connectivity index (χ3v) is 6.09. The van der Waals surface area contributed by atoms with Gasteiger partial charge in [0.05, 0.1) is 17.7 Å². The van der Waals surface area contributed by atoms with Crippen LogP contribution in [0.5, 0.6) is 0 Å². The monoisotopic (exact) mass is 401 g/mol. The van der Waals surface area contributed by atoms with Gasteiger partial charge in [0.15, 0.2) is 0 Å². The summed E-state index contributed by atoms with van der Waals surface area (Å²) in [6.45, 7) is 7.96. The Morgan fingerprint density at radius 1 is 1.07 bits per heavy atom. The van der Waals surface area contributed by atoms with Gasteiger partial charge in [-0.2, -0.15) is 9.41 Å². The highest BCUT2D eigenvalue weighted by Crippen LogP contribution is 2.21. The van der Waals surface area contributed by atoms with Gasteiger partial charge in [-0.15, -0.1) is 0 Å². The number of benzene rings is 2. The molecule has 0 aromatic heterocycles. The van der Waals surface area contributed by atoms with Gasteiger partial charge in [0, 0.05) is 7.05 Å². The van der Waals surface area contributed by atoms with Gasteiger partial charge in [-0.1, -0.05) is 62.7 Å². The van der Waals surface area contributed by atoms with E-state index in [2.05, 4.69) is 31.3 Å². The maximum atomic E-state index is 12.5. The molecule has 2 rings (SSSR count). The first-order chi connectivity index (χ1) is 13.0. The van der Waals surface area contributed by atoms with Gasteiger partial charge in [0.25, 0.3) is 5.91 Å². The van der Waals surface area contributed by atoms with Crippen molar-refractivity contribution in [2.75, 3.05) is 13.6 Å². The molecule has 0 bridgehead atoms. The first-order valence-electron chi connectivity index (χ1n) is 8.95. The summed E-state index contributed by atoms with van der Waals surface area (Å²) in [7, 11) is -2.36. The number of aryl methyl sites for hydroxylation is 1. The van der Waals surface area contributed by atoms with Crippen molar-refractivity contribution < 1.29 is 13.2 Å². The summed E-state index contributed by atoms with van der Waals surface area (Å²) < 4.78 is 26.0. The predicted octanol–water partition coefficient (Wildman–Crippen LogP) is 3.06. The van der Waals surface area contributed by atoms with Crippen LogP contribution in [0.2, 0.25) is 0 Å². The molecule has 0 atom stereocenters. The van der Waals surface area contributed by atoms with Crippen LogP contribution in [0.4, 0.5) is 0 Å². The standard InChI is InChI=1S/C21H27N3O3S/c1-16-6-12-19(13-7-16)28(26,27)24(5)15-20(25)23-22-14-17-8-10-18(11-9-17)21(2,3)4/h6-14H,15H2,1-5H3,(H,23,25)/b22-14-. The minimum atomic E-state index is -3.73. The van der Waals surface area contributed by atoms with E-state index in [1.54, 1.807) is 12.1 Å². The Morgan fingerprint density at radius 3 is 2.18 bits per heavy atom. The van der Waals surface area contributed by atoms with Crippen molar-refractivity contribution in [1.82, 2.24) is 9.73 Å². The van der Waals surface area contributed by atoms with Gasteiger partial charge >= 0.3 is 0 Å². The van der Waals surface area contributed by atoms with Crippen LogP contribution in [-0.4, -0.2) is 38.4 Å². The molecule has 0 radical (unpaired) electrons. The highest BCUT2D eigenvalue weighted by atomic mass is 32.2. The SMILES string of the molecule is Cc1ccc(S(=O)(=O)N(C)CC(=O)N/N=C\c2ccc(C(C)(C)C)cc2)cc1. The van der Waals surface area contributed by atoms with Crippen molar-refractivity contribution in [3.8, 4) is 0 Å². The fourth-order valence-electron chi connectivity index (χ4n) is 2.46. The Balaban J connectivity index is 1.94. The first-order valence-corrected chi connectivity index (χ1v) is 10.4. The fourth-order valence-corrected chi connectivity index (χ4v) is 3.59. The highest BCUT2D eigenvalue weighted by Gasteiger charge is 2.22. The molecule has 0 saturated heterocycles. The lowest BCUT2D eigenvalue weighted by Gasteiger charge is -2.18. The second-order valence-corrected chi connectivity index (χ2v) is 9.78. The number of carbonyl (C=O) groups excluding carboxylic acids is 1. The first kappa shape index (κ1) is 21.8. The van der Waals surface area contributed by atoms with Crippen LogP contribution in [0.3, 0.4) is 0 Å². The molecule has 1 N–H and O–H groups in total. The van der Waals surface area contributed by atoms with Crippen molar-refractivity contribution in [1.29, 1.82) is 0 Å². The third kappa shape index (κ3) is 5.74.